The number of hydrogen-bond acceptors (Lipinski definition) is 5. The van der Waals surface area contributed by atoms with Gasteiger partial charge in [0.05, 0.1) is 16.7 Å². The highest BCUT2D eigenvalue weighted by Crippen LogP contribution is 2.39. The molecule has 2 fully saturated rings. The number of thiazole rings is 1. The van der Waals surface area contributed by atoms with Crippen LogP contribution in [0.2, 0.25) is 0 Å². The van der Waals surface area contributed by atoms with E-state index in [2.05, 4.69) is 15.2 Å². The summed E-state index contributed by atoms with van der Waals surface area (Å²) in [6.45, 7) is 5.25. The van der Waals surface area contributed by atoms with Crippen LogP contribution in [-0.2, 0) is 11.3 Å². The molecule has 1 spiro atoms. The average molecular weight is 404 g/mol. The van der Waals surface area contributed by atoms with Crippen LogP contribution in [0.4, 0.5) is 4.39 Å². The Morgan fingerprint density at radius 2 is 2.07 bits per heavy atom. The van der Waals surface area contributed by atoms with Crippen LogP contribution in [0.3, 0.4) is 0 Å². The fraction of sp³-hybridized carbons (Fsp3) is 0.524. The van der Waals surface area contributed by atoms with E-state index in [0.717, 1.165) is 55.9 Å². The van der Waals surface area contributed by atoms with Gasteiger partial charge in [0, 0.05) is 31.6 Å². The second kappa shape index (κ2) is 8.27. The monoisotopic (exact) mass is 403 g/mol. The first kappa shape index (κ1) is 19.5. The molecule has 0 unspecified atom stereocenters. The molecule has 2 aliphatic rings. The van der Waals surface area contributed by atoms with Crippen LogP contribution in [0.15, 0.2) is 29.6 Å². The second-order valence-electron chi connectivity index (χ2n) is 7.83. The molecule has 150 valence electrons. The van der Waals surface area contributed by atoms with Gasteiger partial charge in [-0.1, -0.05) is 12.1 Å². The van der Waals surface area contributed by atoms with E-state index in [-0.39, 0.29) is 23.4 Å². The van der Waals surface area contributed by atoms with Crippen LogP contribution in [0, 0.1) is 12.7 Å². The SMILES string of the molecule is Cc1nc(C(=O)NC[C@H]2CCC3(CCN(Cc4ccc(F)cc4)CC3)O2)cs1. The maximum atomic E-state index is 13.1. The summed E-state index contributed by atoms with van der Waals surface area (Å²) in [4.78, 5) is 18.8. The third-order valence-corrected chi connectivity index (χ3v) is 6.54. The molecule has 1 atom stereocenters. The second-order valence-corrected chi connectivity index (χ2v) is 8.89. The summed E-state index contributed by atoms with van der Waals surface area (Å²) < 4.78 is 19.4. The lowest BCUT2D eigenvalue weighted by molar-refractivity contribution is -0.0764. The van der Waals surface area contributed by atoms with Crippen molar-refractivity contribution in [3.05, 3.63) is 51.7 Å². The van der Waals surface area contributed by atoms with Crippen LogP contribution >= 0.6 is 11.3 Å². The van der Waals surface area contributed by atoms with Crippen LogP contribution in [-0.4, -0.2) is 47.1 Å². The lowest BCUT2D eigenvalue weighted by Crippen LogP contribution is -2.44. The zero-order chi connectivity index (χ0) is 19.6. The number of piperidine rings is 1. The molecule has 2 aliphatic heterocycles. The van der Waals surface area contributed by atoms with E-state index in [9.17, 15) is 9.18 Å². The summed E-state index contributed by atoms with van der Waals surface area (Å²) in [5.41, 5.74) is 1.58. The number of aromatic nitrogens is 1. The van der Waals surface area contributed by atoms with Crippen molar-refractivity contribution >= 4 is 17.2 Å². The number of ether oxygens (including phenoxy) is 1. The van der Waals surface area contributed by atoms with Crippen molar-refractivity contribution in [2.45, 2.75) is 50.9 Å². The van der Waals surface area contributed by atoms with Crippen molar-refractivity contribution in [1.29, 1.82) is 0 Å². The fourth-order valence-corrected chi connectivity index (χ4v) is 4.73. The number of carbonyl (C=O) groups excluding carboxylic acids is 1. The molecule has 0 aliphatic carbocycles. The van der Waals surface area contributed by atoms with E-state index in [1.54, 1.807) is 5.38 Å². The van der Waals surface area contributed by atoms with Crippen molar-refractivity contribution in [1.82, 2.24) is 15.2 Å². The standard InChI is InChI=1S/C21H26FN3O2S/c1-15-24-19(14-28-15)20(26)23-12-18-6-7-21(27-18)8-10-25(11-9-21)13-16-2-4-17(22)5-3-16/h2-5,14,18H,6-13H2,1H3,(H,23,26)/t18-/m1/s1. The first-order valence-corrected chi connectivity index (χ1v) is 10.7. The molecule has 7 heteroatoms. The summed E-state index contributed by atoms with van der Waals surface area (Å²) in [6, 6.07) is 6.75. The lowest BCUT2D eigenvalue weighted by atomic mass is 9.88. The molecule has 2 aromatic rings. The predicted molar refractivity (Wildman–Crippen MR) is 107 cm³/mol. The van der Waals surface area contributed by atoms with Gasteiger partial charge < -0.3 is 10.1 Å². The van der Waals surface area contributed by atoms with E-state index in [1.165, 1.54) is 23.5 Å². The molecule has 28 heavy (non-hydrogen) atoms. The summed E-state index contributed by atoms with van der Waals surface area (Å²) in [5.74, 6) is -0.313. The van der Waals surface area contributed by atoms with E-state index < -0.39 is 0 Å². The summed E-state index contributed by atoms with van der Waals surface area (Å²) >= 11 is 1.48. The van der Waals surface area contributed by atoms with Gasteiger partial charge in [-0.3, -0.25) is 9.69 Å². The van der Waals surface area contributed by atoms with Crippen molar-refractivity contribution in [2.75, 3.05) is 19.6 Å². The smallest absolute Gasteiger partial charge is 0.270 e. The molecule has 1 amide bonds. The molecule has 2 saturated heterocycles. The van der Waals surface area contributed by atoms with Crippen molar-refractivity contribution in [3.8, 4) is 0 Å². The highest BCUT2D eigenvalue weighted by molar-refractivity contribution is 7.09. The van der Waals surface area contributed by atoms with Gasteiger partial charge in [0.15, 0.2) is 0 Å². The van der Waals surface area contributed by atoms with E-state index >= 15 is 0 Å². The molecule has 1 aromatic heterocycles. The first-order valence-electron chi connectivity index (χ1n) is 9.86. The highest BCUT2D eigenvalue weighted by Gasteiger charge is 2.42. The molecule has 0 saturated carbocycles. The Balaban J connectivity index is 1.23. The number of halogens is 1. The van der Waals surface area contributed by atoms with Gasteiger partial charge in [0.25, 0.3) is 5.91 Å². The molecule has 4 rings (SSSR count). The number of nitrogens with zero attached hydrogens (tertiary/aromatic N) is 2. The maximum Gasteiger partial charge on any atom is 0.270 e. The number of carbonyl (C=O) groups is 1. The lowest BCUT2D eigenvalue weighted by Gasteiger charge is -2.39. The van der Waals surface area contributed by atoms with Gasteiger partial charge in [0.2, 0.25) is 0 Å². The molecular formula is C21H26FN3O2S. The Morgan fingerprint density at radius 3 is 2.75 bits per heavy atom. The Morgan fingerprint density at radius 1 is 1.32 bits per heavy atom. The Hall–Kier alpha value is -1.83. The van der Waals surface area contributed by atoms with Gasteiger partial charge in [0.1, 0.15) is 11.5 Å². The van der Waals surface area contributed by atoms with Gasteiger partial charge in [-0.05, 0) is 50.3 Å². The van der Waals surface area contributed by atoms with E-state index in [4.69, 9.17) is 4.74 Å². The molecule has 0 radical (unpaired) electrons. The predicted octanol–water partition coefficient (Wildman–Crippen LogP) is 3.53. The van der Waals surface area contributed by atoms with Gasteiger partial charge in [-0.25, -0.2) is 9.37 Å². The minimum atomic E-state index is -0.191. The number of likely N-dealkylation sites (tertiary alicyclic amines) is 1. The summed E-state index contributed by atoms with van der Waals surface area (Å²) in [6.07, 6.45) is 4.11. The normalized spacial score (nSPS) is 21.9. The molecule has 0 bridgehead atoms. The van der Waals surface area contributed by atoms with Crippen molar-refractivity contribution in [3.63, 3.8) is 0 Å². The van der Waals surface area contributed by atoms with E-state index in [0.29, 0.717) is 12.2 Å². The van der Waals surface area contributed by atoms with Crippen LogP contribution in [0.25, 0.3) is 0 Å². The van der Waals surface area contributed by atoms with Crippen LogP contribution < -0.4 is 5.32 Å². The van der Waals surface area contributed by atoms with E-state index in [1.807, 2.05) is 19.1 Å². The van der Waals surface area contributed by atoms with Gasteiger partial charge in [-0.15, -0.1) is 11.3 Å². The largest absolute Gasteiger partial charge is 0.370 e. The molecule has 5 nitrogen and oxygen atoms in total. The molecule has 1 aromatic carbocycles. The first-order chi connectivity index (χ1) is 13.5. The maximum absolute atomic E-state index is 13.1. The van der Waals surface area contributed by atoms with Crippen molar-refractivity contribution < 1.29 is 13.9 Å². The number of rotatable bonds is 5. The minimum absolute atomic E-state index is 0.0497. The Bertz CT molecular complexity index is 815. The third kappa shape index (κ3) is 4.59. The van der Waals surface area contributed by atoms with Gasteiger partial charge in [-0.2, -0.15) is 0 Å². The van der Waals surface area contributed by atoms with Crippen LogP contribution in [0.5, 0.6) is 0 Å². The quantitative estimate of drug-likeness (QED) is 0.830. The van der Waals surface area contributed by atoms with Crippen LogP contribution in [0.1, 0.15) is 46.7 Å². The summed E-state index contributed by atoms with van der Waals surface area (Å²) in [7, 11) is 0. The fourth-order valence-electron chi connectivity index (χ4n) is 4.14. The number of aryl methyl sites for hydroxylation is 1. The topological polar surface area (TPSA) is 54.5 Å². The Kier molecular flexibility index (Phi) is 5.75. The van der Waals surface area contributed by atoms with Gasteiger partial charge >= 0.3 is 0 Å². The molecule has 1 N–H and O–H groups in total. The number of benzene rings is 1. The zero-order valence-corrected chi connectivity index (χ0v) is 16.9. The molecular weight excluding hydrogens is 377 g/mol. The minimum Gasteiger partial charge on any atom is -0.370 e. The average Bonchev–Trinajstić information content (AvgIpc) is 3.30. The third-order valence-electron chi connectivity index (χ3n) is 5.77. The Labute approximate surface area is 168 Å². The highest BCUT2D eigenvalue weighted by atomic mass is 32.1. The summed E-state index contributed by atoms with van der Waals surface area (Å²) in [5, 5.41) is 5.65. The number of hydrogen-bond donors (Lipinski definition) is 1. The zero-order valence-electron chi connectivity index (χ0n) is 16.1. The number of amides is 1. The number of nitrogens with one attached hydrogen (secondary N) is 1. The molecule has 3 heterocycles. The van der Waals surface area contributed by atoms with Crippen molar-refractivity contribution in [2.24, 2.45) is 0 Å².